The maximum absolute atomic E-state index is 10.4. The summed E-state index contributed by atoms with van der Waals surface area (Å²) in [5.41, 5.74) is 0.928. The predicted molar refractivity (Wildman–Crippen MR) is 137 cm³/mol. The third-order valence-electron chi connectivity index (χ3n) is 6.04. The average molecular weight is 490 g/mol. The number of hydrogen-bond acceptors (Lipinski definition) is 3. The summed E-state index contributed by atoms with van der Waals surface area (Å²) in [5, 5.41) is 0. The number of halogens is 1. The van der Waals surface area contributed by atoms with Gasteiger partial charge in [-0.15, -0.1) is 11.6 Å². The molecule has 188 valence electrons. The van der Waals surface area contributed by atoms with Gasteiger partial charge in [0, 0.05) is 0 Å². The Morgan fingerprint density at radius 3 is 1.53 bits per heavy atom. The van der Waals surface area contributed by atoms with Crippen molar-refractivity contribution in [2.45, 2.75) is 103 Å². The lowest BCUT2D eigenvalue weighted by molar-refractivity contribution is -0.907. The van der Waals surface area contributed by atoms with Crippen molar-refractivity contribution in [1.29, 1.82) is 0 Å². The van der Waals surface area contributed by atoms with E-state index in [0.29, 0.717) is 0 Å². The second kappa shape index (κ2) is 18.8. The molecule has 0 radical (unpaired) electrons. The van der Waals surface area contributed by atoms with Gasteiger partial charge >= 0.3 is 0 Å². The van der Waals surface area contributed by atoms with Gasteiger partial charge in [-0.3, -0.25) is 0 Å². The number of aryl methyl sites for hydroxylation is 1. The van der Waals surface area contributed by atoms with Gasteiger partial charge in [0.2, 0.25) is 0 Å². The van der Waals surface area contributed by atoms with Crippen molar-refractivity contribution >= 4 is 21.7 Å². The minimum atomic E-state index is -4.27. The largest absolute Gasteiger partial charge is 0.744 e. The van der Waals surface area contributed by atoms with Gasteiger partial charge in [0.05, 0.1) is 37.5 Å². The van der Waals surface area contributed by atoms with Crippen LogP contribution in [0.15, 0.2) is 29.2 Å². The summed E-state index contributed by atoms with van der Waals surface area (Å²) in [5.74, 6) is 0.808. The van der Waals surface area contributed by atoms with Crippen molar-refractivity contribution in [2.24, 2.45) is 0 Å². The molecule has 0 aromatic heterocycles. The third kappa shape index (κ3) is 16.9. The van der Waals surface area contributed by atoms with Crippen LogP contribution in [0, 0.1) is 6.92 Å². The molecule has 0 unspecified atom stereocenters. The molecule has 0 N–H and O–H groups in total. The molecule has 6 heteroatoms. The Labute approximate surface area is 204 Å². The number of alkyl halides is 1. The number of benzene rings is 1. The molecule has 32 heavy (non-hydrogen) atoms. The van der Waals surface area contributed by atoms with Crippen LogP contribution in [0.25, 0.3) is 0 Å². The van der Waals surface area contributed by atoms with E-state index >= 15 is 0 Å². The van der Waals surface area contributed by atoms with Crippen LogP contribution in [0.1, 0.15) is 96.5 Å². The smallest absolute Gasteiger partial charge is 0.124 e. The van der Waals surface area contributed by atoms with Gasteiger partial charge in [0.1, 0.15) is 10.1 Å². The minimum absolute atomic E-state index is 0.178. The monoisotopic (exact) mass is 489 g/mol. The maximum Gasteiger partial charge on any atom is 0.124 e. The summed E-state index contributed by atoms with van der Waals surface area (Å²) in [6.07, 6.45) is 16.8. The van der Waals surface area contributed by atoms with Gasteiger partial charge in [-0.25, -0.2) is 8.42 Å². The van der Waals surface area contributed by atoms with E-state index in [2.05, 4.69) is 20.9 Å². The van der Waals surface area contributed by atoms with E-state index in [1.807, 2.05) is 6.92 Å². The van der Waals surface area contributed by atoms with Crippen molar-refractivity contribution in [3.8, 4) is 0 Å². The van der Waals surface area contributed by atoms with Crippen LogP contribution in [0.3, 0.4) is 0 Å². The topological polar surface area (TPSA) is 57.2 Å². The molecular formula is C26H48ClNO3S. The Balaban J connectivity index is 0.000000726. The molecule has 1 aromatic rings. The fourth-order valence-electron chi connectivity index (χ4n) is 3.79. The highest BCUT2D eigenvalue weighted by molar-refractivity contribution is 7.85. The van der Waals surface area contributed by atoms with E-state index in [1.54, 1.807) is 12.1 Å². The molecule has 1 rings (SSSR count). The molecule has 0 aliphatic heterocycles. The van der Waals surface area contributed by atoms with E-state index < -0.39 is 10.1 Å². The number of quaternary nitrogens is 1. The Morgan fingerprint density at radius 1 is 0.750 bits per heavy atom. The zero-order chi connectivity index (χ0) is 24.3. The summed E-state index contributed by atoms with van der Waals surface area (Å²) in [6, 6.07) is 5.78. The van der Waals surface area contributed by atoms with Crippen molar-refractivity contribution in [2.75, 3.05) is 32.6 Å². The summed E-state index contributed by atoms with van der Waals surface area (Å²) >= 11 is 6.03. The van der Waals surface area contributed by atoms with Crippen LogP contribution >= 0.6 is 11.6 Å². The Hall–Kier alpha value is -0.620. The third-order valence-corrected chi connectivity index (χ3v) is 7.06. The average Bonchev–Trinajstić information content (AvgIpc) is 2.73. The first-order valence-electron chi connectivity index (χ1n) is 12.6. The van der Waals surface area contributed by atoms with Gasteiger partial charge in [-0.1, -0.05) is 82.9 Å². The minimum Gasteiger partial charge on any atom is -0.744 e. The van der Waals surface area contributed by atoms with Crippen LogP contribution in [-0.2, 0) is 10.1 Å². The molecule has 0 saturated heterocycles. The number of rotatable bonds is 17. The normalized spacial score (nSPS) is 11.8. The van der Waals surface area contributed by atoms with Crippen LogP contribution < -0.4 is 0 Å². The Bertz CT molecular complexity index is 646. The highest BCUT2D eigenvalue weighted by Crippen LogP contribution is 2.14. The zero-order valence-corrected chi connectivity index (χ0v) is 22.7. The SMILES string of the molecule is CCCCCCCC[N+](C)(CCCl)CCCCCCCC.Cc1ccc(S(=O)(=O)[O-])cc1. The van der Waals surface area contributed by atoms with Crippen molar-refractivity contribution in [3.05, 3.63) is 29.8 Å². The first-order chi connectivity index (χ1) is 15.2. The molecule has 0 bridgehead atoms. The van der Waals surface area contributed by atoms with Crippen LogP contribution in [0.4, 0.5) is 0 Å². The van der Waals surface area contributed by atoms with Crippen LogP contribution in [0.5, 0.6) is 0 Å². The molecule has 0 aliphatic rings. The molecule has 4 nitrogen and oxygen atoms in total. The molecular weight excluding hydrogens is 442 g/mol. The Morgan fingerprint density at radius 2 is 1.16 bits per heavy atom. The summed E-state index contributed by atoms with van der Waals surface area (Å²) in [7, 11) is -1.85. The van der Waals surface area contributed by atoms with Gasteiger partial charge < -0.3 is 9.04 Å². The number of unbranched alkanes of at least 4 members (excludes halogenated alkanes) is 10. The molecule has 0 spiro atoms. The molecule has 0 saturated carbocycles. The highest BCUT2D eigenvalue weighted by Gasteiger charge is 2.19. The first kappa shape index (κ1) is 31.4. The van der Waals surface area contributed by atoms with Gasteiger partial charge in [-0.2, -0.15) is 0 Å². The van der Waals surface area contributed by atoms with Gasteiger partial charge in [0.15, 0.2) is 0 Å². The molecule has 0 heterocycles. The molecule has 0 atom stereocenters. The second-order valence-electron chi connectivity index (χ2n) is 9.28. The van der Waals surface area contributed by atoms with Crippen molar-refractivity contribution < 1.29 is 17.5 Å². The summed E-state index contributed by atoms with van der Waals surface area (Å²) in [4.78, 5) is -0.178. The summed E-state index contributed by atoms with van der Waals surface area (Å²) in [6.45, 7) is 10.2. The lowest BCUT2D eigenvalue weighted by Crippen LogP contribution is -2.47. The van der Waals surface area contributed by atoms with E-state index in [9.17, 15) is 13.0 Å². The Kier molecular flexibility index (Phi) is 18.4. The lowest BCUT2D eigenvalue weighted by atomic mass is 10.1. The van der Waals surface area contributed by atoms with Gasteiger partial charge in [0.25, 0.3) is 0 Å². The first-order valence-corrected chi connectivity index (χ1v) is 14.5. The second-order valence-corrected chi connectivity index (χ2v) is 11.0. The molecule has 0 amide bonds. The molecule has 1 aromatic carbocycles. The number of nitrogens with zero attached hydrogens (tertiary/aromatic N) is 1. The lowest BCUT2D eigenvalue weighted by Gasteiger charge is -2.34. The van der Waals surface area contributed by atoms with Gasteiger partial charge in [-0.05, 0) is 44.7 Å². The van der Waals surface area contributed by atoms with Crippen LogP contribution in [0.2, 0.25) is 0 Å². The zero-order valence-electron chi connectivity index (χ0n) is 21.1. The quantitative estimate of drug-likeness (QED) is 0.0998. The van der Waals surface area contributed by atoms with Crippen molar-refractivity contribution in [3.63, 3.8) is 0 Å². The number of hydrogen-bond donors (Lipinski definition) is 0. The summed E-state index contributed by atoms with van der Waals surface area (Å²) < 4.78 is 32.4. The maximum atomic E-state index is 10.4. The van der Waals surface area contributed by atoms with E-state index in [0.717, 1.165) is 18.0 Å². The van der Waals surface area contributed by atoms with Crippen molar-refractivity contribution in [1.82, 2.24) is 0 Å². The molecule has 0 fully saturated rings. The van der Waals surface area contributed by atoms with E-state index in [4.69, 9.17) is 11.6 Å². The van der Waals surface area contributed by atoms with Crippen LogP contribution in [-0.4, -0.2) is 50.0 Å². The van der Waals surface area contributed by atoms with E-state index in [-0.39, 0.29) is 4.90 Å². The van der Waals surface area contributed by atoms with E-state index in [1.165, 1.54) is 107 Å². The fourth-order valence-corrected chi connectivity index (χ4v) is 4.67. The standard InChI is InChI=1S/C19H41ClN.C7H8O3S/c1-4-6-8-10-12-14-17-21(3,19-16-20)18-15-13-11-9-7-5-2;1-6-2-4-7(5-3-6)11(8,9)10/h4-19H2,1-3H3;2-5H,1H3,(H,8,9,10)/q+1;/p-1. The fraction of sp³-hybridized carbons (Fsp3) is 0.769. The molecule has 0 aliphatic carbocycles. The highest BCUT2D eigenvalue weighted by atomic mass is 35.5. The predicted octanol–water partition coefficient (Wildman–Crippen LogP) is 7.29.